The third-order valence-corrected chi connectivity index (χ3v) is 5.44. The third-order valence-electron chi connectivity index (χ3n) is 2.99. The summed E-state index contributed by atoms with van der Waals surface area (Å²) in [6, 6.07) is 8.46. The number of hydrogen-bond acceptors (Lipinski definition) is 5. The van der Waals surface area contributed by atoms with E-state index in [2.05, 4.69) is 12.2 Å². The zero-order valence-corrected chi connectivity index (χ0v) is 13.4. The Balaban J connectivity index is 2.64. The fourth-order valence-electron chi connectivity index (χ4n) is 1.80. The summed E-state index contributed by atoms with van der Waals surface area (Å²) in [6.07, 6.45) is 3.01. The van der Waals surface area contributed by atoms with E-state index in [0.29, 0.717) is 18.2 Å². The fraction of sp³-hybridized carbons (Fsp3) is 0.500. The van der Waals surface area contributed by atoms with Gasteiger partial charge in [-0.05, 0) is 30.9 Å². The van der Waals surface area contributed by atoms with Crippen molar-refractivity contribution in [1.82, 2.24) is 5.32 Å². The fourth-order valence-corrected chi connectivity index (χ4v) is 3.77. The molecular formula is C14H20N2O2S2. The predicted octanol–water partition coefficient (Wildman–Crippen LogP) is 2.06. The first kappa shape index (κ1) is 17.0. The monoisotopic (exact) mass is 312 g/mol. The van der Waals surface area contributed by atoms with Gasteiger partial charge >= 0.3 is 0 Å². The highest BCUT2D eigenvalue weighted by molar-refractivity contribution is 7.98. The molecule has 0 aliphatic heterocycles. The van der Waals surface area contributed by atoms with Crippen molar-refractivity contribution in [1.29, 1.82) is 5.26 Å². The molecule has 20 heavy (non-hydrogen) atoms. The van der Waals surface area contributed by atoms with Gasteiger partial charge in [0, 0.05) is 18.3 Å². The van der Waals surface area contributed by atoms with Crippen LogP contribution in [0.3, 0.4) is 0 Å². The molecule has 1 unspecified atom stereocenters. The molecule has 0 saturated heterocycles. The lowest BCUT2D eigenvalue weighted by molar-refractivity contribution is 0.550. The minimum atomic E-state index is -3.33. The van der Waals surface area contributed by atoms with E-state index in [-0.39, 0.29) is 10.6 Å². The Hall–Kier alpha value is -1.03. The van der Waals surface area contributed by atoms with Gasteiger partial charge in [0.2, 0.25) is 0 Å². The van der Waals surface area contributed by atoms with E-state index in [4.69, 9.17) is 5.26 Å². The molecule has 0 heterocycles. The largest absolute Gasteiger partial charge is 0.312 e. The van der Waals surface area contributed by atoms with Crippen LogP contribution in [0.15, 0.2) is 29.2 Å². The van der Waals surface area contributed by atoms with Crippen LogP contribution in [0.4, 0.5) is 0 Å². The Morgan fingerprint density at radius 1 is 1.45 bits per heavy atom. The number of nitrogens with one attached hydrogen (secondary N) is 1. The Bertz CT molecular complexity index is 565. The molecule has 0 spiro atoms. The van der Waals surface area contributed by atoms with E-state index in [0.717, 1.165) is 12.2 Å². The zero-order chi connectivity index (χ0) is 15.0. The summed E-state index contributed by atoms with van der Waals surface area (Å²) in [4.78, 5) is 0.219. The smallest absolute Gasteiger partial charge is 0.179 e. The molecule has 1 rings (SSSR count). The lowest BCUT2D eigenvalue weighted by Gasteiger charge is -2.15. The minimum Gasteiger partial charge on any atom is -0.312 e. The predicted molar refractivity (Wildman–Crippen MR) is 83.7 cm³/mol. The van der Waals surface area contributed by atoms with Crippen LogP contribution in [0, 0.1) is 11.3 Å². The normalized spacial score (nSPS) is 12.8. The average molecular weight is 312 g/mol. The molecule has 110 valence electrons. The molecule has 0 fully saturated rings. The molecule has 0 aliphatic rings. The third kappa shape index (κ3) is 5.16. The molecule has 0 radical (unpaired) electrons. The van der Waals surface area contributed by atoms with Crippen molar-refractivity contribution >= 4 is 21.6 Å². The van der Waals surface area contributed by atoms with Crippen LogP contribution in [0.2, 0.25) is 0 Å². The first-order valence-corrected chi connectivity index (χ1v) is 9.53. The molecule has 4 nitrogen and oxygen atoms in total. The van der Waals surface area contributed by atoms with Crippen LogP contribution in [0.5, 0.6) is 0 Å². The van der Waals surface area contributed by atoms with Crippen molar-refractivity contribution in [2.24, 2.45) is 0 Å². The summed E-state index contributed by atoms with van der Waals surface area (Å²) in [7, 11) is -3.33. The molecule has 0 bridgehead atoms. The second-order valence-corrected chi connectivity index (χ2v) is 7.49. The van der Waals surface area contributed by atoms with Crippen molar-refractivity contribution in [2.75, 3.05) is 24.3 Å². The summed E-state index contributed by atoms with van der Waals surface area (Å²) < 4.78 is 24.3. The number of sulfone groups is 1. The SMILES string of the molecule is CCC(CSC)NCCS(=O)(=O)c1cccc(C#N)c1. The Morgan fingerprint density at radius 2 is 2.20 bits per heavy atom. The Morgan fingerprint density at radius 3 is 2.80 bits per heavy atom. The topological polar surface area (TPSA) is 70.0 Å². The Labute approximate surface area is 125 Å². The van der Waals surface area contributed by atoms with E-state index >= 15 is 0 Å². The van der Waals surface area contributed by atoms with Crippen molar-refractivity contribution in [3.05, 3.63) is 29.8 Å². The standard InChI is InChI=1S/C14H20N2O2S2/c1-3-13(11-19-2)16-7-8-20(17,18)14-6-4-5-12(9-14)10-15/h4-6,9,13,16H,3,7-8,11H2,1-2H3. The van der Waals surface area contributed by atoms with Gasteiger partial charge in [0.05, 0.1) is 22.3 Å². The molecule has 1 N–H and O–H groups in total. The van der Waals surface area contributed by atoms with Crippen molar-refractivity contribution in [3.63, 3.8) is 0 Å². The van der Waals surface area contributed by atoms with Crippen LogP contribution in [0.25, 0.3) is 0 Å². The van der Waals surface area contributed by atoms with Gasteiger partial charge in [-0.25, -0.2) is 8.42 Å². The average Bonchev–Trinajstić information content (AvgIpc) is 2.46. The van der Waals surface area contributed by atoms with Crippen LogP contribution in [0.1, 0.15) is 18.9 Å². The van der Waals surface area contributed by atoms with Crippen LogP contribution >= 0.6 is 11.8 Å². The first-order valence-electron chi connectivity index (χ1n) is 6.48. The van der Waals surface area contributed by atoms with E-state index < -0.39 is 9.84 Å². The zero-order valence-electron chi connectivity index (χ0n) is 11.8. The minimum absolute atomic E-state index is 0.0484. The first-order chi connectivity index (χ1) is 9.53. The maximum atomic E-state index is 12.2. The van der Waals surface area contributed by atoms with Gasteiger partial charge in [0.1, 0.15) is 0 Å². The van der Waals surface area contributed by atoms with Gasteiger partial charge in [0.25, 0.3) is 0 Å². The summed E-state index contributed by atoms with van der Waals surface area (Å²) in [5, 5.41) is 12.1. The van der Waals surface area contributed by atoms with E-state index in [1.165, 1.54) is 12.1 Å². The van der Waals surface area contributed by atoms with Crippen molar-refractivity contribution < 1.29 is 8.42 Å². The van der Waals surface area contributed by atoms with Crippen molar-refractivity contribution in [2.45, 2.75) is 24.3 Å². The molecule has 1 aromatic rings. The highest BCUT2D eigenvalue weighted by Gasteiger charge is 2.15. The number of nitrogens with zero attached hydrogens (tertiary/aromatic N) is 1. The summed E-state index contributed by atoms with van der Waals surface area (Å²) in [6.45, 7) is 2.51. The summed E-state index contributed by atoms with van der Waals surface area (Å²) in [5.74, 6) is 1.02. The molecule has 0 amide bonds. The van der Waals surface area contributed by atoms with Crippen LogP contribution in [-0.4, -0.2) is 38.8 Å². The van der Waals surface area contributed by atoms with Crippen LogP contribution in [-0.2, 0) is 9.84 Å². The molecule has 1 atom stereocenters. The van der Waals surface area contributed by atoms with E-state index in [9.17, 15) is 8.42 Å². The van der Waals surface area contributed by atoms with Crippen LogP contribution < -0.4 is 5.32 Å². The second kappa shape index (κ2) is 8.30. The number of thioether (sulfide) groups is 1. The number of hydrogen-bond donors (Lipinski definition) is 1. The van der Waals surface area contributed by atoms with Crippen molar-refractivity contribution in [3.8, 4) is 6.07 Å². The van der Waals surface area contributed by atoms with Gasteiger partial charge < -0.3 is 5.32 Å². The number of nitriles is 1. The lowest BCUT2D eigenvalue weighted by Crippen LogP contribution is -2.34. The molecule has 0 saturated carbocycles. The Kier molecular flexibility index (Phi) is 7.06. The number of benzene rings is 1. The lowest BCUT2D eigenvalue weighted by atomic mass is 10.2. The van der Waals surface area contributed by atoms with Gasteiger partial charge in [-0.1, -0.05) is 13.0 Å². The quantitative estimate of drug-likeness (QED) is 0.795. The number of rotatable bonds is 8. The molecule has 1 aromatic carbocycles. The molecule has 6 heteroatoms. The van der Waals surface area contributed by atoms with Gasteiger partial charge in [-0.15, -0.1) is 0 Å². The molecule has 0 aliphatic carbocycles. The van der Waals surface area contributed by atoms with E-state index in [1.807, 2.05) is 12.3 Å². The highest BCUT2D eigenvalue weighted by Crippen LogP contribution is 2.12. The summed E-state index contributed by atoms with van der Waals surface area (Å²) in [5.41, 5.74) is 0.368. The van der Waals surface area contributed by atoms with Gasteiger partial charge in [0.15, 0.2) is 9.84 Å². The van der Waals surface area contributed by atoms with Gasteiger partial charge in [-0.2, -0.15) is 17.0 Å². The van der Waals surface area contributed by atoms with E-state index in [1.54, 1.807) is 23.9 Å². The summed E-state index contributed by atoms with van der Waals surface area (Å²) >= 11 is 1.75. The second-order valence-electron chi connectivity index (χ2n) is 4.47. The molecule has 0 aromatic heterocycles. The molecular weight excluding hydrogens is 292 g/mol. The highest BCUT2D eigenvalue weighted by atomic mass is 32.2. The maximum absolute atomic E-state index is 12.2. The van der Waals surface area contributed by atoms with Gasteiger partial charge in [-0.3, -0.25) is 0 Å². The maximum Gasteiger partial charge on any atom is 0.179 e.